The largest absolute Gasteiger partial charge is 0.379 e. The molecular weight excluding hydrogens is 458 g/mol. The minimum Gasteiger partial charge on any atom is -0.379 e. The molecule has 0 atom stereocenters. The number of carbonyl (C=O) groups is 1. The third-order valence-electron chi connectivity index (χ3n) is 6.24. The van der Waals surface area contributed by atoms with Crippen LogP contribution in [0.25, 0.3) is 0 Å². The zero-order chi connectivity index (χ0) is 24.6. The molecule has 11 nitrogen and oxygen atoms in total. The van der Waals surface area contributed by atoms with Gasteiger partial charge >= 0.3 is 0 Å². The number of ether oxygens (including phenoxy) is 1. The van der Waals surface area contributed by atoms with E-state index >= 15 is 0 Å². The van der Waals surface area contributed by atoms with Crippen molar-refractivity contribution in [3.63, 3.8) is 0 Å². The van der Waals surface area contributed by atoms with Crippen LogP contribution in [0.2, 0.25) is 0 Å². The number of pyridine rings is 1. The highest BCUT2D eigenvalue weighted by molar-refractivity contribution is 5.94. The van der Waals surface area contributed by atoms with Gasteiger partial charge in [0, 0.05) is 49.8 Å². The van der Waals surface area contributed by atoms with Crippen molar-refractivity contribution < 1.29 is 9.53 Å². The second-order valence-corrected chi connectivity index (χ2v) is 8.72. The normalized spacial score (nSPS) is 15.7. The average Bonchev–Trinajstić information content (AvgIpc) is 2.94. The Hall–Kier alpha value is -3.83. The number of anilines is 4. The van der Waals surface area contributed by atoms with Gasteiger partial charge in [-0.2, -0.15) is 15.0 Å². The SMILES string of the molecule is O=C(NNc1nc(NCCCN2CCOCC2)nc(N2CCCc3ccccc32)n1)c1ccncc1. The number of hydrogen-bond acceptors (Lipinski definition) is 10. The van der Waals surface area contributed by atoms with E-state index in [0.29, 0.717) is 17.5 Å². The monoisotopic (exact) mass is 489 g/mol. The second-order valence-electron chi connectivity index (χ2n) is 8.72. The van der Waals surface area contributed by atoms with E-state index in [-0.39, 0.29) is 11.9 Å². The Bertz CT molecular complexity index is 1160. The molecule has 1 saturated heterocycles. The van der Waals surface area contributed by atoms with Crippen molar-refractivity contribution in [2.24, 2.45) is 0 Å². The van der Waals surface area contributed by atoms with Gasteiger partial charge in [-0.05, 0) is 49.6 Å². The van der Waals surface area contributed by atoms with E-state index < -0.39 is 0 Å². The van der Waals surface area contributed by atoms with Crippen molar-refractivity contribution in [3.05, 3.63) is 59.9 Å². The molecule has 11 heteroatoms. The van der Waals surface area contributed by atoms with E-state index in [0.717, 1.165) is 70.9 Å². The van der Waals surface area contributed by atoms with Gasteiger partial charge in [0.05, 0.1) is 13.2 Å². The fourth-order valence-corrected chi connectivity index (χ4v) is 4.38. The van der Waals surface area contributed by atoms with Gasteiger partial charge in [-0.3, -0.25) is 25.5 Å². The van der Waals surface area contributed by atoms with Crippen LogP contribution in [0.1, 0.15) is 28.8 Å². The molecule has 2 aliphatic rings. The van der Waals surface area contributed by atoms with Gasteiger partial charge < -0.3 is 15.0 Å². The molecule has 3 N–H and O–H groups in total. The molecule has 1 amide bonds. The molecule has 5 rings (SSSR count). The Balaban J connectivity index is 1.31. The Labute approximate surface area is 210 Å². The molecule has 4 heterocycles. The summed E-state index contributed by atoms with van der Waals surface area (Å²) in [5.74, 6) is 0.961. The highest BCUT2D eigenvalue weighted by atomic mass is 16.5. The first-order valence-electron chi connectivity index (χ1n) is 12.4. The van der Waals surface area contributed by atoms with E-state index in [1.165, 1.54) is 5.56 Å². The fourth-order valence-electron chi connectivity index (χ4n) is 4.38. The summed E-state index contributed by atoms with van der Waals surface area (Å²) in [4.78, 5) is 34.8. The number of nitrogens with one attached hydrogen (secondary N) is 3. The van der Waals surface area contributed by atoms with Gasteiger partial charge in [-0.1, -0.05) is 18.2 Å². The van der Waals surface area contributed by atoms with Gasteiger partial charge in [-0.25, -0.2) is 0 Å². The number of nitrogens with zero attached hydrogens (tertiary/aromatic N) is 6. The van der Waals surface area contributed by atoms with Crippen LogP contribution in [-0.2, 0) is 11.2 Å². The third-order valence-corrected chi connectivity index (χ3v) is 6.24. The molecule has 1 aromatic carbocycles. The minimum atomic E-state index is -0.303. The first-order chi connectivity index (χ1) is 17.8. The van der Waals surface area contributed by atoms with Gasteiger partial charge in [0.25, 0.3) is 5.91 Å². The number of para-hydroxylation sites is 1. The van der Waals surface area contributed by atoms with Gasteiger partial charge in [0.1, 0.15) is 0 Å². The molecule has 1 fully saturated rings. The summed E-state index contributed by atoms with van der Waals surface area (Å²) in [7, 11) is 0. The Morgan fingerprint density at radius 3 is 2.64 bits per heavy atom. The van der Waals surface area contributed by atoms with E-state index in [9.17, 15) is 4.79 Å². The summed E-state index contributed by atoms with van der Waals surface area (Å²) >= 11 is 0. The maximum absolute atomic E-state index is 12.5. The summed E-state index contributed by atoms with van der Waals surface area (Å²) in [6.07, 6.45) is 6.13. The maximum Gasteiger partial charge on any atom is 0.269 e. The minimum absolute atomic E-state index is 0.265. The number of morpholine rings is 1. The lowest BCUT2D eigenvalue weighted by molar-refractivity contribution is 0.0378. The van der Waals surface area contributed by atoms with Gasteiger partial charge in [0.15, 0.2) is 0 Å². The van der Waals surface area contributed by atoms with Gasteiger partial charge in [-0.15, -0.1) is 0 Å². The molecule has 3 aromatic rings. The zero-order valence-corrected chi connectivity index (χ0v) is 20.2. The van der Waals surface area contributed by atoms with Crippen LogP contribution in [0.15, 0.2) is 48.8 Å². The Morgan fingerprint density at radius 2 is 1.78 bits per heavy atom. The third kappa shape index (κ3) is 6.04. The van der Waals surface area contributed by atoms with Crippen LogP contribution in [0.3, 0.4) is 0 Å². The topological polar surface area (TPSA) is 120 Å². The Kier molecular flexibility index (Phi) is 7.79. The number of hydrazine groups is 1. The molecule has 0 radical (unpaired) electrons. The number of benzene rings is 1. The quantitative estimate of drug-likeness (QED) is 0.305. The predicted octanol–water partition coefficient (Wildman–Crippen LogP) is 2.24. The number of aromatic nitrogens is 4. The van der Waals surface area contributed by atoms with Crippen molar-refractivity contribution in [3.8, 4) is 0 Å². The molecule has 0 aliphatic carbocycles. The number of aryl methyl sites for hydroxylation is 1. The van der Waals surface area contributed by atoms with Crippen LogP contribution < -0.4 is 21.1 Å². The second kappa shape index (κ2) is 11.7. The zero-order valence-electron chi connectivity index (χ0n) is 20.2. The van der Waals surface area contributed by atoms with Crippen molar-refractivity contribution in [1.29, 1.82) is 0 Å². The standard InChI is InChI=1S/C25H31N9O2/c35-22(20-8-11-26-12-9-20)31-32-24-28-23(27-10-4-13-33-15-17-36-18-16-33)29-25(30-24)34-14-3-6-19-5-1-2-7-21(19)34/h1-2,5,7-9,11-12H,3-4,6,10,13-18H2,(H,31,35)(H2,27,28,29,30,32). The molecule has 0 bridgehead atoms. The summed E-state index contributed by atoms with van der Waals surface area (Å²) in [5.41, 5.74) is 8.38. The van der Waals surface area contributed by atoms with E-state index in [2.05, 4.69) is 59.1 Å². The summed E-state index contributed by atoms with van der Waals surface area (Å²) in [6, 6.07) is 11.6. The molecule has 188 valence electrons. The number of fused-ring (bicyclic) bond motifs is 1. The van der Waals surface area contributed by atoms with Crippen molar-refractivity contribution in [1.82, 2.24) is 30.3 Å². The van der Waals surface area contributed by atoms with Crippen LogP contribution in [0.5, 0.6) is 0 Å². The van der Waals surface area contributed by atoms with Gasteiger partial charge in [0.2, 0.25) is 17.8 Å². The first kappa shape index (κ1) is 23.9. The average molecular weight is 490 g/mol. The van der Waals surface area contributed by atoms with Crippen molar-refractivity contribution in [2.75, 3.05) is 61.6 Å². The molecule has 2 aromatic heterocycles. The lowest BCUT2D eigenvalue weighted by Gasteiger charge is -2.29. The molecule has 0 unspecified atom stereocenters. The van der Waals surface area contributed by atoms with Crippen LogP contribution >= 0.6 is 0 Å². The van der Waals surface area contributed by atoms with E-state index in [1.807, 2.05) is 6.07 Å². The maximum atomic E-state index is 12.5. The molecule has 2 aliphatic heterocycles. The molecular formula is C25H31N9O2. The van der Waals surface area contributed by atoms with Crippen LogP contribution in [0.4, 0.5) is 23.5 Å². The summed E-state index contributed by atoms with van der Waals surface area (Å²) < 4.78 is 5.42. The van der Waals surface area contributed by atoms with Crippen molar-refractivity contribution in [2.45, 2.75) is 19.3 Å². The fraction of sp³-hybridized carbons (Fsp3) is 0.400. The Morgan fingerprint density at radius 1 is 0.972 bits per heavy atom. The smallest absolute Gasteiger partial charge is 0.269 e. The van der Waals surface area contributed by atoms with E-state index in [1.54, 1.807) is 24.5 Å². The highest BCUT2D eigenvalue weighted by Crippen LogP contribution is 2.32. The number of carbonyl (C=O) groups excluding carboxylic acids is 1. The number of rotatable bonds is 9. The summed E-state index contributed by atoms with van der Waals surface area (Å²) in [6.45, 7) is 6.04. The highest BCUT2D eigenvalue weighted by Gasteiger charge is 2.22. The number of amides is 1. The molecule has 0 spiro atoms. The first-order valence-corrected chi connectivity index (χ1v) is 12.4. The summed E-state index contributed by atoms with van der Waals surface area (Å²) in [5, 5.41) is 3.34. The van der Waals surface area contributed by atoms with Crippen LogP contribution in [-0.4, -0.2) is 76.7 Å². The van der Waals surface area contributed by atoms with Crippen LogP contribution in [0, 0.1) is 0 Å². The molecule has 0 saturated carbocycles. The van der Waals surface area contributed by atoms with E-state index in [4.69, 9.17) is 9.72 Å². The lowest BCUT2D eigenvalue weighted by atomic mass is 10.0. The van der Waals surface area contributed by atoms with Crippen molar-refractivity contribution >= 4 is 29.4 Å². The predicted molar refractivity (Wildman–Crippen MR) is 137 cm³/mol. The lowest BCUT2D eigenvalue weighted by Crippen LogP contribution is -2.37. The number of hydrogen-bond donors (Lipinski definition) is 3. The molecule has 36 heavy (non-hydrogen) atoms.